The predicted molar refractivity (Wildman–Crippen MR) is 68.4 cm³/mol. The van der Waals surface area contributed by atoms with E-state index in [1.165, 1.54) is 6.42 Å². The summed E-state index contributed by atoms with van der Waals surface area (Å²) >= 11 is 1.57. The number of aliphatic hydroxyl groups is 1. The second-order valence-corrected chi connectivity index (χ2v) is 5.86. The lowest BCUT2D eigenvalue weighted by atomic mass is 9.65. The summed E-state index contributed by atoms with van der Waals surface area (Å²) in [5.74, 6) is 0.559. The van der Waals surface area contributed by atoms with Crippen molar-refractivity contribution in [3.8, 4) is 0 Å². The molecule has 0 unspecified atom stereocenters. The summed E-state index contributed by atoms with van der Waals surface area (Å²) in [5.41, 5.74) is 2.01. The zero-order valence-corrected chi connectivity index (χ0v) is 10.3. The molecule has 2 aliphatic rings. The van der Waals surface area contributed by atoms with Gasteiger partial charge in [0.1, 0.15) is 0 Å². The number of fused-ring (bicyclic) bond motifs is 1. The van der Waals surface area contributed by atoms with Gasteiger partial charge >= 0.3 is 0 Å². The van der Waals surface area contributed by atoms with Gasteiger partial charge in [0, 0.05) is 10.3 Å². The first-order valence-electron chi connectivity index (χ1n) is 5.92. The van der Waals surface area contributed by atoms with Gasteiger partial charge in [-0.25, -0.2) is 0 Å². The van der Waals surface area contributed by atoms with Crippen LogP contribution in [0.4, 0.5) is 5.69 Å². The number of hydrogen-bond donors (Lipinski definition) is 2. The molecule has 1 heterocycles. The van der Waals surface area contributed by atoms with Crippen LogP contribution in [0.1, 0.15) is 24.8 Å². The highest BCUT2D eigenvalue weighted by Gasteiger charge is 2.38. The molecule has 3 rings (SSSR count). The van der Waals surface area contributed by atoms with E-state index in [9.17, 15) is 9.90 Å². The van der Waals surface area contributed by atoms with Crippen molar-refractivity contribution in [3.05, 3.63) is 23.8 Å². The van der Waals surface area contributed by atoms with Gasteiger partial charge in [0.05, 0.1) is 18.0 Å². The minimum Gasteiger partial charge on any atom is -0.395 e. The van der Waals surface area contributed by atoms with Crippen molar-refractivity contribution < 1.29 is 9.90 Å². The molecule has 4 heteroatoms. The maximum atomic E-state index is 11.4. The van der Waals surface area contributed by atoms with Gasteiger partial charge < -0.3 is 10.4 Å². The SMILES string of the molecule is O=C1CSc2ccc(C3(CO)CCC3)cc2N1. The molecule has 0 spiro atoms. The second-order valence-electron chi connectivity index (χ2n) is 4.84. The van der Waals surface area contributed by atoms with Gasteiger partial charge in [-0.3, -0.25) is 4.79 Å². The Bertz CT molecular complexity index is 463. The number of anilines is 1. The van der Waals surface area contributed by atoms with Gasteiger partial charge in [0.25, 0.3) is 0 Å². The van der Waals surface area contributed by atoms with Crippen molar-refractivity contribution in [1.82, 2.24) is 0 Å². The summed E-state index contributed by atoms with van der Waals surface area (Å²) in [5, 5.41) is 12.5. The first kappa shape index (κ1) is 11.1. The average molecular weight is 249 g/mol. The van der Waals surface area contributed by atoms with Crippen molar-refractivity contribution in [2.24, 2.45) is 0 Å². The molecule has 0 saturated heterocycles. The highest BCUT2D eigenvalue weighted by atomic mass is 32.2. The van der Waals surface area contributed by atoms with E-state index < -0.39 is 0 Å². The molecule has 2 N–H and O–H groups in total. The molecule has 1 fully saturated rings. The molecule has 3 nitrogen and oxygen atoms in total. The van der Waals surface area contributed by atoms with Crippen LogP contribution in [0.25, 0.3) is 0 Å². The quantitative estimate of drug-likeness (QED) is 0.844. The van der Waals surface area contributed by atoms with E-state index >= 15 is 0 Å². The van der Waals surface area contributed by atoms with Crippen molar-refractivity contribution in [2.45, 2.75) is 29.6 Å². The molecule has 1 amide bonds. The van der Waals surface area contributed by atoms with Gasteiger partial charge in [-0.2, -0.15) is 0 Å². The van der Waals surface area contributed by atoms with Crippen molar-refractivity contribution in [3.63, 3.8) is 0 Å². The van der Waals surface area contributed by atoms with E-state index in [0.29, 0.717) is 5.75 Å². The van der Waals surface area contributed by atoms with Gasteiger partial charge in [-0.1, -0.05) is 12.5 Å². The van der Waals surface area contributed by atoms with Gasteiger partial charge in [0.2, 0.25) is 5.91 Å². The van der Waals surface area contributed by atoms with E-state index in [1.54, 1.807) is 11.8 Å². The third-order valence-corrected chi connectivity index (χ3v) is 4.91. The molecule has 0 atom stereocenters. The third-order valence-electron chi connectivity index (χ3n) is 3.84. The van der Waals surface area contributed by atoms with Crippen LogP contribution in [0.15, 0.2) is 23.1 Å². The largest absolute Gasteiger partial charge is 0.395 e. The van der Waals surface area contributed by atoms with Crippen molar-refractivity contribution in [2.75, 3.05) is 17.7 Å². The fourth-order valence-electron chi connectivity index (χ4n) is 2.55. The highest BCUT2D eigenvalue weighted by molar-refractivity contribution is 8.00. The number of aliphatic hydroxyl groups excluding tert-OH is 1. The Morgan fingerprint density at radius 1 is 1.41 bits per heavy atom. The topological polar surface area (TPSA) is 49.3 Å². The predicted octanol–water partition coefficient (Wildman–Crippen LogP) is 2.14. The van der Waals surface area contributed by atoms with Gasteiger partial charge in [0.15, 0.2) is 0 Å². The van der Waals surface area contributed by atoms with E-state index in [0.717, 1.165) is 29.0 Å². The molecule has 0 radical (unpaired) electrons. The molecule has 0 aromatic heterocycles. The minimum absolute atomic E-state index is 0.0537. The fraction of sp³-hybridized carbons (Fsp3) is 0.462. The summed E-state index contributed by atoms with van der Waals surface area (Å²) in [4.78, 5) is 12.5. The number of carbonyl (C=O) groups is 1. The minimum atomic E-state index is -0.0537. The normalized spacial score (nSPS) is 21.4. The molecule has 1 saturated carbocycles. The molecule has 90 valence electrons. The van der Waals surface area contributed by atoms with Crippen LogP contribution in [0.5, 0.6) is 0 Å². The zero-order chi connectivity index (χ0) is 11.9. The third kappa shape index (κ3) is 1.76. The lowest BCUT2D eigenvalue weighted by Gasteiger charge is -2.41. The first-order chi connectivity index (χ1) is 8.23. The Hall–Kier alpha value is -1.00. The lowest BCUT2D eigenvalue weighted by molar-refractivity contribution is -0.113. The average Bonchev–Trinajstić information content (AvgIpc) is 2.28. The van der Waals surface area contributed by atoms with E-state index in [-0.39, 0.29) is 17.9 Å². The van der Waals surface area contributed by atoms with Crippen LogP contribution in [-0.4, -0.2) is 23.4 Å². The Morgan fingerprint density at radius 2 is 2.24 bits per heavy atom. The van der Waals surface area contributed by atoms with Gasteiger partial charge in [-0.05, 0) is 30.5 Å². The Balaban J connectivity index is 1.97. The molecular weight excluding hydrogens is 234 g/mol. The maximum Gasteiger partial charge on any atom is 0.234 e. The smallest absolute Gasteiger partial charge is 0.234 e. The van der Waals surface area contributed by atoms with Crippen LogP contribution >= 0.6 is 11.8 Å². The Labute approximate surface area is 105 Å². The molecule has 1 aromatic carbocycles. The molecule has 17 heavy (non-hydrogen) atoms. The zero-order valence-electron chi connectivity index (χ0n) is 9.53. The number of thioether (sulfide) groups is 1. The van der Waals surface area contributed by atoms with Crippen LogP contribution < -0.4 is 5.32 Å². The Morgan fingerprint density at radius 3 is 2.88 bits per heavy atom. The number of rotatable bonds is 2. The Kier molecular flexibility index (Phi) is 2.64. The van der Waals surface area contributed by atoms with Crippen LogP contribution in [0.2, 0.25) is 0 Å². The standard InChI is InChI=1S/C13H15NO2S/c15-8-13(4-1-5-13)9-2-3-11-10(6-9)14-12(16)7-17-11/h2-3,6,15H,1,4-5,7-8H2,(H,14,16). The van der Waals surface area contributed by atoms with E-state index in [2.05, 4.69) is 17.4 Å². The molecule has 0 bridgehead atoms. The van der Waals surface area contributed by atoms with Crippen LogP contribution in [0, 0.1) is 0 Å². The molecular formula is C13H15NO2S. The monoisotopic (exact) mass is 249 g/mol. The van der Waals surface area contributed by atoms with Gasteiger partial charge in [-0.15, -0.1) is 11.8 Å². The van der Waals surface area contributed by atoms with Crippen molar-refractivity contribution in [1.29, 1.82) is 0 Å². The maximum absolute atomic E-state index is 11.4. The molecule has 1 aliphatic carbocycles. The van der Waals surface area contributed by atoms with Crippen LogP contribution in [0.3, 0.4) is 0 Å². The number of carbonyl (C=O) groups excluding carboxylic acids is 1. The van der Waals surface area contributed by atoms with E-state index in [1.807, 2.05) is 6.07 Å². The summed E-state index contributed by atoms with van der Waals surface area (Å²) in [7, 11) is 0. The highest BCUT2D eigenvalue weighted by Crippen LogP contribution is 2.45. The summed E-state index contributed by atoms with van der Waals surface area (Å²) in [6, 6.07) is 6.19. The van der Waals surface area contributed by atoms with E-state index in [4.69, 9.17) is 0 Å². The summed E-state index contributed by atoms with van der Waals surface area (Å²) in [6.07, 6.45) is 3.27. The second kappa shape index (κ2) is 4.03. The molecule has 1 aliphatic heterocycles. The fourth-order valence-corrected chi connectivity index (χ4v) is 3.34. The van der Waals surface area contributed by atoms with Crippen LogP contribution in [-0.2, 0) is 10.2 Å². The number of benzene rings is 1. The first-order valence-corrected chi connectivity index (χ1v) is 6.90. The number of hydrogen-bond acceptors (Lipinski definition) is 3. The summed E-state index contributed by atoms with van der Waals surface area (Å²) < 4.78 is 0. The molecule has 1 aromatic rings. The number of nitrogens with one attached hydrogen (secondary N) is 1. The van der Waals surface area contributed by atoms with Crippen molar-refractivity contribution >= 4 is 23.4 Å². The summed E-state index contributed by atoms with van der Waals surface area (Å²) in [6.45, 7) is 0.201. The number of amides is 1. The lowest BCUT2D eigenvalue weighted by Crippen LogP contribution is -2.38.